The maximum absolute atomic E-state index is 12.1. The minimum atomic E-state index is -0.969. The van der Waals surface area contributed by atoms with E-state index in [2.05, 4.69) is 0 Å². The Morgan fingerprint density at radius 1 is 1.45 bits per heavy atom. The Morgan fingerprint density at radius 3 is 2.55 bits per heavy atom. The number of hydrogen-bond donors (Lipinski definition) is 2. The Morgan fingerprint density at radius 2 is 2.05 bits per heavy atom. The molecule has 0 spiro atoms. The van der Waals surface area contributed by atoms with Gasteiger partial charge in [0.1, 0.15) is 6.04 Å². The van der Waals surface area contributed by atoms with Gasteiger partial charge in [0.15, 0.2) is 5.78 Å². The number of carbonyl (C=O) groups is 2. The van der Waals surface area contributed by atoms with Crippen molar-refractivity contribution >= 4 is 11.8 Å². The van der Waals surface area contributed by atoms with Crippen LogP contribution in [0.2, 0.25) is 0 Å². The van der Waals surface area contributed by atoms with Gasteiger partial charge in [-0.2, -0.15) is 0 Å². The van der Waals surface area contributed by atoms with Crippen molar-refractivity contribution in [2.24, 2.45) is 5.73 Å². The van der Waals surface area contributed by atoms with Gasteiger partial charge < -0.3 is 20.1 Å². The molecule has 3 atom stereocenters. The standard InChI is InChI=1S/C14H22N2O4/c1-5-20-14(19)9(3)16-7-11(6-8(16)2)13(18)12(15)10(4)17/h6-7,9-10,12,17H,5,15H2,1-4H3. The molecule has 6 heteroatoms. The number of nitrogens with zero attached hydrogens (tertiary/aromatic N) is 1. The highest BCUT2D eigenvalue weighted by Gasteiger charge is 2.24. The molecule has 3 N–H and O–H groups in total. The highest BCUT2D eigenvalue weighted by molar-refractivity contribution is 6.00. The van der Waals surface area contributed by atoms with Crippen LogP contribution in [-0.4, -0.2) is 40.2 Å². The largest absolute Gasteiger partial charge is 0.464 e. The fraction of sp³-hybridized carbons (Fsp3) is 0.571. The van der Waals surface area contributed by atoms with Crippen LogP contribution < -0.4 is 5.73 Å². The van der Waals surface area contributed by atoms with Gasteiger partial charge in [-0.05, 0) is 33.8 Å². The van der Waals surface area contributed by atoms with E-state index in [-0.39, 0.29) is 11.8 Å². The summed E-state index contributed by atoms with van der Waals surface area (Å²) in [7, 11) is 0. The summed E-state index contributed by atoms with van der Waals surface area (Å²) in [6.45, 7) is 7.01. The molecule has 1 aromatic heterocycles. The van der Waals surface area contributed by atoms with Gasteiger partial charge in [0.25, 0.3) is 0 Å². The topological polar surface area (TPSA) is 94.5 Å². The molecule has 0 amide bonds. The van der Waals surface area contributed by atoms with Crippen molar-refractivity contribution in [2.45, 2.75) is 45.9 Å². The number of ketones is 1. The second-order valence-electron chi connectivity index (χ2n) is 4.84. The average Bonchev–Trinajstić information content (AvgIpc) is 2.78. The van der Waals surface area contributed by atoms with Crippen LogP contribution in [-0.2, 0) is 9.53 Å². The van der Waals surface area contributed by atoms with Gasteiger partial charge in [0, 0.05) is 17.5 Å². The van der Waals surface area contributed by atoms with Gasteiger partial charge in [0.05, 0.1) is 18.8 Å². The smallest absolute Gasteiger partial charge is 0.328 e. The van der Waals surface area contributed by atoms with E-state index in [0.717, 1.165) is 5.69 Å². The van der Waals surface area contributed by atoms with E-state index >= 15 is 0 Å². The van der Waals surface area contributed by atoms with Crippen LogP contribution in [0.15, 0.2) is 12.3 Å². The lowest BCUT2D eigenvalue weighted by Crippen LogP contribution is -2.40. The summed E-state index contributed by atoms with van der Waals surface area (Å²) in [4.78, 5) is 23.8. The molecule has 0 aliphatic heterocycles. The van der Waals surface area contributed by atoms with Crippen LogP contribution in [0.1, 0.15) is 42.9 Å². The van der Waals surface area contributed by atoms with E-state index in [1.54, 1.807) is 37.6 Å². The maximum atomic E-state index is 12.1. The molecule has 0 saturated heterocycles. The summed E-state index contributed by atoms with van der Waals surface area (Å²) in [5, 5.41) is 9.37. The first-order valence-electron chi connectivity index (χ1n) is 6.62. The Kier molecular flexibility index (Phi) is 5.47. The highest BCUT2D eigenvalue weighted by Crippen LogP contribution is 2.17. The molecule has 1 aromatic rings. The predicted molar refractivity (Wildman–Crippen MR) is 74.5 cm³/mol. The Balaban J connectivity index is 2.98. The number of aryl methyl sites for hydroxylation is 1. The molecular weight excluding hydrogens is 260 g/mol. The lowest BCUT2D eigenvalue weighted by molar-refractivity contribution is -0.146. The number of aromatic nitrogens is 1. The number of rotatable bonds is 6. The number of carbonyl (C=O) groups excluding carboxylic acids is 2. The monoisotopic (exact) mass is 282 g/mol. The van der Waals surface area contributed by atoms with Gasteiger partial charge in [-0.15, -0.1) is 0 Å². The van der Waals surface area contributed by atoms with Gasteiger partial charge in [-0.3, -0.25) is 4.79 Å². The number of aliphatic hydroxyl groups is 1. The molecule has 0 fully saturated rings. The molecular formula is C14H22N2O4. The fourth-order valence-corrected chi connectivity index (χ4v) is 1.93. The first kappa shape index (κ1) is 16.4. The Labute approximate surface area is 118 Å². The molecule has 112 valence electrons. The zero-order valence-electron chi connectivity index (χ0n) is 12.3. The molecule has 1 rings (SSSR count). The van der Waals surface area contributed by atoms with E-state index < -0.39 is 18.2 Å². The van der Waals surface area contributed by atoms with Crippen LogP contribution in [0.4, 0.5) is 0 Å². The van der Waals surface area contributed by atoms with Crippen LogP contribution in [0.25, 0.3) is 0 Å². The fourth-order valence-electron chi connectivity index (χ4n) is 1.93. The van der Waals surface area contributed by atoms with Gasteiger partial charge >= 0.3 is 5.97 Å². The van der Waals surface area contributed by atoms with E-state index in [4.69, 9.17) is 10.5 Å². The maximum Gasteiger partial charge on any atom is 0.328 e. The number of hydrogen-bond acceptors (Lipinski definition) is 5. The highest BCUT2D eigenvalue weighted by atomic mass is 16.5. The summed E-state index contributed by atoms with van der Waals surface area (Å²) in [5.74, 6) is -0.706. The van der Waals surface area contributed by atoms with Gasteiger partial charge in [-0.1, -0.05) is 0 Å². The van der Waals surface area contributed by atoms with E-state index in [1.165, 1.54) is 6.92 Å². The Bertz CT molecular complexity index is 493. The second kappa shape index (κ2) is 6.67. The molecule has 1 heterocycles. The number of esters is 1. The molecule has 0 bridgehead atoms. The van der Waals surface area contributed by atoms with Crippen LogP contribution in [0.5, 0.6) is 0 Å². The predicted octanol–water partition coefficient (Wildman–Crippen LogP) is 0.811. The molecule has 3 unspecified atom stereocenters. The van der Waals surface area contributed by atoms with E-state index in [0.29, 0.717) is 12.2 Å². The first-order valence-corrected chi connectivity index (χ1v) is 6.62. The van der Waals surface area contributed by atoms with Gasteiger partial charge in [0.2, 0.25) is 0 Å². The molecule has 0 radical (unpaired) electrons. The number of Topliss-reactive ketones (excluding diaryl/α,β-unsaturated/α-hetero) is 1. The number of aliphatic hydroxyl groups excluding tert-OH is 1. The van der Waals surface area contributed by atoms with Crippen LogP contribution >= 0.6 is 0 Å². The third kappa shape index (κ3) is 3.46. The summed E-state index contributed by atoms with van der Waals surface area (Å²) in [5.41, 5.74) is 6.77. The quantitative estimate of drug-likeness (QED) is 0.595. The minimum Gasteiger partial charge on any atom is -0.464 e. The van der Waals surface area contributed by atoms with Crippen LogP contribution in [0, 0.1) is 6.92 Å². The lowest BCUT2D eigenvalue weighted by Gasteiger charge is -2.14. The van der Waals surface area contributed by atoms with Crippen molar-refractivity contribution in [3.05, 3.63) is 23.5 Å². The molecule has 20 heavy (non-hydrogen) atoms. The van der Waals surface area contributed by atoms with Crippen molar-refractivity contribution in [2.75, 3.05) is 6.61 Å². The van der Waals surface area contributed by atoms with Gasteiger partial charge in [-0.25, -0.2) is 4.79 Å². The summed E-state index contributed by atoms with van der Waals surface area (Å²) in [6, 6.07) is 0.169. The summed E-state index contributed by atoms with van der Waals surface area (Å²) in [6.07, 6.45) is 0.648. The normalized spacial score (nSPS) is 15.5. The number of ether oxygens (including phenoxy) is 1. The third-order valence-corrected chi connectivity index (χ3v) is 3.20. The van der Waals surface area contributed by atoms with Crippen molar-refractivity contribution < 1.29 is 19.4 Å². The molecule has 0 saturated carbocycles. The summed E-state index contributed by atoms with van der Waals surface area (Å²) >= 11 is 0. The zero-order chi connectivity index (χ0) is 15.4. The van der Waals surface area contributed by atoms with Crippen molar-refractivity contribution in [1.82, 2.24) is 4.57 Å². The SMILES string of the molecule is CCOC(=O)C(C)n1cc(C(=O)C(N)C(C)O)cc1C. The number of nitrogens with two attached hydrogens (primary N) is 1. The second-order valence-corrected chi connectivity index (χ2v) is 4.84. The lowest BCUT2D eigenvalue weighted by atomic mass is 10.0. The average molecular weight is 282 g/mol. The minimum absolute atomic E-state index is 0.308. The van der Waals surface area contributed by atoms with Crippen molar-refractivity contribution in [3.63, 3.8) is 0 Å². The Hall–Kier alpha value is -1.66. The summed E-state index contributed by atoms with van der Waals surface area (Å²) < 4.78 is 6.63. The molecule has 6 nitrogen and oxygen atoms in total. The third-order valence-electron chi connectivity index (χ3n) is 3.20. The van der Waals surface area contributed by atoms with E-state index in [9.17, 15) is 14.7 Å². The molecule has 0 aliphatic carbocycles. The zero-order valence-corrected chi connectivity index (χ0v) is 12.3. The van der Waals surface area contributed by atoms with E-state index in [1.807, 2.05) is 0 Å². The molecule has 0 aliphatic rings. The first-order chi connectivity index (χ1) is 9.29. The van der Waals surface area contributed by atoms with Crippen molar-refractivity contribution in [3.8, 4) is 0 Å². The van der Waals surface area contributed by atoms with Crippen LogP contribution in [0.3, 0.4) is 0 Å². The van der Waals surface area contributed by atoms with Crippen molar-refractivity contribution in [1.29, 1.82) is 0 Å². The molecule has 0 aromatic carbocycles.